The quantitative estimate of drug-likeness (QED) is 0.812. The van der Waals surface area contributed by atoms with E-state index in [0.717, 1.165) is 0 Å². The van der Waals surface area contributed by atoms with Crippen LogP contribution in [0.4, 0.5) is 0 Å². The molecule has 98 valence electrons. The molecule has 0 saturated heterocycles. The van der Waals surface area contributed by atoms with Crippen LogP contribution in [0.3, 0.4) is 0 Å². The fourth-order valence-electron chi connectivity index (χ4n) is 1.36. The molecule has 0 aliphatic heterocycles. The molecule has 1 N–H and O–H groups in total. The van der Waals surface area contributed by atoms with Gasteiger partial charge in [0.25, 0.3) is 0 Å². The highest BCUT2D eigenvalue weighted by Gasteiger charge is 2.19. The van der Waals surface area contributed by atoms with E-state index in [-0.39, 0.29) is 23.1 Å². The summed E-state index contributed by atoms with van der Waals surface area (Å²) in [5.41, 5.74) is -0.107. The Morgan fingerprint density at radius 1 is 1.61 bits per heavy atom. The first-order valence-corrected chi connectivity index (χ1v) is 6.83. The van der Waals surface area contributed by atoms with E-state index >= 15 is 0 Å². The predicted molar refractivity (Wildman–Crippen MR) is 65.2 cm³/mol. The summed E-state index contributed by atoms with van der Waals surface area (Å²) in [7, 11) is -2.15. The van der Waals surface area contributed by atoms with Gasteiger partial charge in [-0.2, -0.15) is 5.26 Å². The van der Waals surface area contributed by atoms with Crippen LogP contribution < -0.4 is 4.72 Å². The van der Waals surface area contributed by atoms with E-state index in [9.17, 15) is 8.42 Å². The first-order valence-electron chi connectivity index (χ1n) is 5.35. The zero-order valence-corrected chi connectivity index (χ0v) is 11.1. The molecule has 0 amide bonds. The lowest BCUT2D eigenvalue weighted by atomic mass is 10.2. The van der Waals surface area contributed by atoms with Gasteiger partial charge in [-0.25, -0.2) is 18.1 Å². The summed E-state index contributed by atoms with van der Waals surface area (Å²) < 4.78 is 31.3. The Kier molecular flexibility index (Phi) is 5.22. The number of rotatable bonds is 6. The highest BCUT2D eigenvalue weighted by atomic mass is 32.2. The third-order valence-electron chi connectivity index (χ3n) is 2.24. The summed E-state index contributed by atoms with van der Waals surface area (Å²) >= 11 is 0. The molecule has 0 bridgehead atoms. The molecule has 0 saturated carbocycles. The normalized spacial score (nSPS) is 12.9. The van der Waals surface area contributed by atoms with Crippen LogP contribution in [0.1, 0.15) is 12.6 Å². The van der Waals surface area contributed by atoms with Gasteiger partial charge < -0.3 is 4.74 Å². The molecule has 0 aromatic carbocycles. The largest absolute Gasteiger partial charge is 0.384 e. The van der Waals surface area contributed by atoms with E-state index in [1.54, 1.807) is 13.2 Å². The van der Waals surface area contributed by atoms with Crippen molar-refractivity contribution in [1.29, 1.82) is 5.26 Å². The number of hydrogen-bond donors (Lipinski definition) is 1. The average molecular weight is 269 g/mol. The van der Waals surface area contributed by atoms with Crippen LogP contribution in [0.5, 0.6) is 0 Å². The summed E-state index contributed by atoms with van der Waals surface area (Å²) in [5.74, 6) is 0.0481. The molecule has 1 unspecified atom stereocenters. The van der Waals surface area contributed by atoms with Gasteiger partial charge in [0, 0.05) is 26.5 Å². The smallest absolute Gasteiger partial charge is 0.243 e. The van der Waals surface area contributed by atoms with Crippen molar-refractivity contribution in [2.75, 3.05) is 20.3 Å². The van der Waals surface area contributed by atoms with Gasteiger partial charge in [0.2, 0.25) is 10.0 Å². The summed E-state index contributed by atoms with van der Waals surface area (Å²) in [4.78, 5) is 3.62. The molecular weight excluding hydrogens is 254 g/mol. The third-order valence-corrected chi connectivity index (χ3v) is 3.69. The molecule has 6 nitrogen and oxygen atoms in total. The Hall–Kier alpha value is -1.49. The van der Waals surface area contributed by atoms with Crippen molar-refractivity contribution >= 4 is 10.0 Å². The van der Waals surface area contributed by atoms with Gasteiger partial charge in [-0.05, 0) is 18.1 Å². The van der Waals surface area contributed by atoms with Gasteiger partial charge in [0.05, 0.1) is 0 Å². The minimum Gasteiger partial charge on any atom is -0.384 e. The lowest BCUT2D eigenvalue weighted by Crippen LogP contribution is -2.30. The number of nitrogens with one attached hydrogen (secondary N) is 1. The van der Waals surface area contributed by atoms with E-state index in [2.05, 4.69) is 9.71 Å². The molecular formula is C11H15N3O3S. The van der Waals surface area contributed by atoms with Crippen LogP contribution in [0.2, 0.25) is 0 Å². The second-order valence-electron chi connectivity index (χ2n) is 3.87. The molecule has 0 spiro atoms. The number of nitrogens with zero attached hydrogens (tertiary/aromatic N) is 2. The highest BCUT2D eigenvalue weighted by Crippen LogP contribution is 2.11. The molecule has 0 radical (unpaired) electrons. The Morgan fingerprint density at radius 3 is 2.94 bits per heavy atom. The summed E-state index contributed by atoms with van der Waals surface area (Å²) in [5, 5.41) is 8.82. The van der Waals surface area contributed by atoms with Gasteiger partial charge >= 0.3 is 0 Å². The zero-order chi connectivity index (χ0) is 13.6. The molecule has 1 atom stereocenters. The number of nitriles is 1. The van der Waals surface area contributed by atoms with E-state index in [4.69, 9.17) is 10.00 Å². The fraction of sp³-hybridized carbons (Fsp3) is 0.455. The Bertz CT molecular complexity index is 537. The second-order valence-corrected chi connectivity index (χ2v) is 5.61. The van der Waals surface area contributed by atoms with E-state index in [1.165, 1.54) is 18.3 Å². The second kappa shape index (κ2) is 6.44. The minimum absolute atomic E-state index is 0.0481. The Balaban J connectivity index is 2.84. The topological polar surface area (TPSA) is 92.1 Å². The van der Waals surface area contributed by atoms with Crippen LogP contribution in [0.15, 0.2) is 23.2 Å². The van der Waals surface area contributed by atoms with Crippen LogP contribution in [0.25, 0.3) is 0 Å². The SMILES string of the molecule is COCC(C)CNS(=O)(=O)c1cccnc1C#N. The van der Waals surface area contributed by atoms with Crippen LogP contribution >= 0.6 is 0 Å². The van der Waals surface area contributed by atoms with E-state index in [1.807, 2.05) is 6.92 Å². The van der Waals surface area contributed by atoms with Crippen molar-refractivity contribution in [3.8, 4) is 6.07 Å². The molecule has 1 rings (SSSR count). The lowest BCUT2D eigenvalue weighted by Gasteiger charge is -2.12. The van der Waals surface area contributed by atoms with Crippen LogP contribution in [0, 0.1) is 17.2 Å². The standard InChI is InChI=1S/C11H15N3O3S/c1-9(8-17-2)7-14-18(15,16)11-4-3-5-13-10(11)6-12/h3-5,9,14H,7-8H2,1-2H3. The average Bonchev–Trinajstić information content (AvgIpc) is 2.37. The van der Waals surface area contributed by atoms with Crippen molar-refractivity contribution in [2.45, 2.75) is 11.8 Å². The first-order chi connectivity index (χ1) is 8.51. The maximum Gasteiger partial charge on any atom is 0.243 e. The number of sulfonamides is 1. The van der Waals surface area contributed by atoms with Crippen molar-refractivity contribution in [3.63, 3.8) is 0 Å². The first kappa shape index (κ1) is 14.6. The van der Waals surface area contributed by atoms with Crippen molar-refractivity contribution in [1.82, 2.24) is 9.71 Å². The summed E-state index contributed by atoms with van der Waals surface area (Å²) in [6.07, 6.45) is 1.38. The lowest BCUT2D eigenvalue weighted by molar-refractivity contribution is 0.161. The molecule has 1 aromatic rings. The third kappa shape index (κ3) is 3.77. The molecule has 0 aliphatic carbocycles. The Morgan fingerprint density at radius 2 is 2.33 bits per heavy atom. The monoisotopic (exact) mass is 269 g/mol. The molecule has 0 aliphatic rings. The van der Waals surface area contributed by atoms with Gasteiger partial charge in [-0.3, -0.25) is 0 Å². The molecule has 0 fully saturated rings. The van der Waals surface area contributed by atoms with Gasteiger partial charge in [0.15, 0.2) is 5.69 Å². The minimum atomic E-state index is -3.71. The molecule has 18 heavy (non-hydrogen) atoms. The number of pyridine rings is 1. The highest BCUT2D eigenvalue weighted by molar-refractivity contribution is 7.89. The zero-order valence-electron chi connectivity index (χ0n) is 10.3. The number of methoxy groups -OCH3 is 1. The van der Waals surface area contributed by atoms with Gasteiger partial charge in [-0.15, -0.1) is 0 Å². The van der Waals surface area contributed by atoms with Gasteiger partial charge in [-0.1, -0.05) is 6.92 Å². The van der Waals surface area contributed by atoms with Gasteiger partial charge in [0.1, 0.15) is 11.0 Å². The summed E-state index contributed by atoms with van der Waals surface area (Å²) in [6.45, 7) is 2.57. The van der Waals surface area contributed by atoms with E-state index < -0.39 is 10.0 Å². The maximum atomic E-state index is 12.0. The van der Waals surface area contributed by atoms with Crippen molar-refractivity contribution in [2.24, 2.45) is 5.92 Å². The molecule has 1 aromatic heterocycles. The summed E-state index contributed by atoms with van der Waals surface area (Å²) in [6, 6.07) is 4.60. The number of ether oxygens (including phenoxy) is 1. The van der Waals surface area contributed by atoms with Crippen molar-refractivity contribution in [3.05, 3.63) is 24.0 Å². The van der Waals surface area contributed by atoms with Crippen molar-refractivity contribution < 1.29 is 13.2 Å². The van der Waals surface area contributed by atoms with E-state index in [0.29, 0.717) is 6.61 Å². The Labute approximate surface area is 107 Å². The fourth-order valence-corrected chi connectivity index (χ4v) is 2.63. The molecule has 7 heteroatoms. The van der Waals surface area contributed by atoms with Crippen LogP contribution in [-0.2, 0) is 14.8 Å². The molecule has 1 heterocycles. The number of hydrogen-bond acceptors (Lipinski definition) is 5. The number of aromatic nitrogens is 1. The predicted octanol–water partition coefficient (Wildman–Crippen LogP) is 0.514. The van der Waals surface area contributed by atoms with Crippen LogP contribution in [-0.4, -0.2) is 33.7 Å². The maximum absolute atomic E-state index is 12.0.